The predicted octanol–water partition coefficient (Wildman–Crippen LogP) is 3.63. The van der Waals surface area contributed by atoms with E-state index in [0.29, 0.717) is 0 Å². The first-order valence-corrected chi connectivity index (χ1v) is 8.57. The fourth-order valence-corrected chi connectivity index (χ4v) is 4.38. The summed E-state index contributed by atoms with van der Waals surface area (Å²) in [6.07, 6.45) is 1.95. The van der Waals surface area contributed by atoms with E-state index >= 15 is 0 Å². The Morgan fingerprint density at radius 1 is 1.61 bits per heavy atom. The third-order valence-electron chi connectivity index (χ3n) is 3.05. The van der Waals surface area contributed by atoms with Gasteiger partial charge in [0.15, 0.2) is 0 Å². The second kappa shape index (κ2) is 6.31. The second-order valence-electron chi connectivity index (χ2n) is 4.66. The molecule has 0 bridgehead atoms. The molecule has 0 aliphatic carbocycles. The summed E-state index contributed by atoms with van der Waals surface area (Å²) < 4.78 is 0. The van der Waals surface area contributed by atoms with Crippen LogP contribution in [0.3, 0.4) is 0 Å². The van der Waals surface area contributed by atoms with Gasteiger partial charge < -0.3 is 4.90 Å². The van der Waals surface area contributed by atoms with Gasteiger partial charge in [-0.15, -0.1) is 22.9 Å². The average molecular weight is 304 g/mol. The van der Waals surface area contributed by atoms with Gasteiger partial charge in [0.2, 0.25) is 0 Å². The third kappa shape index (κ3) is 3.43. The number of carbonyl (C=O) groups is 1. The molecule has 2 heterocycles. The van der Waals surface area contributed by atoms with E-state index in [1.54, 1.807) is 16.2 Å². The van der Waals surface area contributed by atoms with E-state index in [1.807, 2.05) is 25.7 Å². The lowest BCUT2D eigenvalue weighted by molar-refractivity contribution is 0.0798. The van der Waals surface area contributed by atoms with Gasteiger partial charge in [-0.05, 0) is 37.1 Å². The third-order valence-corrected chi connectivity index (χ3v) is 5.50. The Balaban J connectivity index is 2.02. The molecule has 1 aliphatic heterocycles. The van der Waals surface area contributed by atoms with E-state index in [0.717, 1.165) is 30.0 Å². The number of rotatable bonds is 4. The fourth-order valence-electron chi connectivity index (χ4n) is 1.91. The summed E-state index contributed by atoms with van der Waals surface area (Å²) in [6, 6.07) is 2.08. The van der Waals surface area contributed by atoms with Crippen molar-refractivity contribution in [2.45, 2.75) is 30.9 Å². The Hall–Kier alpha value is -0.190. The lowest BCUT2D eigenvalue weighted by Gasteiger charge is -2.16. The smallest absolute Gasteiger partial charge is 0.263 e. The quantitative estimate of drug-likeness (QED) is 0.792. The molecule has 1 aromatic heterocycles. The number of nitrogens with zero attached hydrogens (tertiary/aromatic N) is 1. The van der Waals surface area contributed by atoms with Crippen LogP contribution in [-0.2, 0) is 12.2 Å². The van der Waals surface area contributed by atoms with Crippen molar-refractivity contribution in [1.29, 1.82) is 0 Å². The summed E-state index contributed by atoms with van der Waals surface area (Å²) in [7, 11) is 1.86. The van der Waals surface area contributed by atoms with E-state index < -0.39 is 0 Å². The number of alkyl halides is 1. The highest BCUT2D eigenvalue weighted by Crippen LogP contribution is 2.32. The lowest BCUT2D eigenvalue weighted by atomic mass is 10.2. The summed E-state index contributed by atoms with van der Waals surface area (Å²) in [6.45, 7) is 2.68. The SMILES string of the molecule is CC(Cl)CCN(C)C(=O)c1cc2c(s1)CCSC2. The van der Waals surface area contributed by atoms with Crippen molar-refractivity contribution < 1.29 is 4.79 Å². The molecule has 2 rings (SSSR count). The second-order valence-corrected chi connectivity index (χ2v) is 7.64. The number of hydrogen-bond donors (Lipinski definition) is 0. The first-order chi connectivity index (χ1) is 8.58. The summed E-state index contributed by atoms with van der Waals surface area (Å²) in [5.74, 6) is 2.37. The van der Waals surface area contributed by atoms with Crippen molar-refractivity contribution in [2.75, 3.05) is 19.3 Å². The van der Waals surface area contributed by atoms with E-state index in [4.69, 9.17) is 11.6 Å². The molecule has 2 nitrogen and oxygen atoms in total. The zero-order chi connectivity index (χ0) is 13.1. The van der Waals surface area contributed by atoms with Gasteiger partial charge in [-0.3, -0.25) is 4.79 Å². The molecule has 100 valence electrons. The molecule has 0 spiro atoms. The molecule has 0 fully saturated rings. The number of halogens is 1. The van der Waals surface area contributed by atoms with Crippen molar-refractivity contribution in [2.24, 2.45) is 0 Å². The van der Waals surface area contributed by atoms with Crippen molar-refractivity contribution in [3.8, 4) is 0 Å². The van der Waals surface area contributed by atoms with Gasteiger partial charge in [0, 0.05) is 29.6 Å². The Morgan fingerprint density at radius 2 is 2.39 bits per heavy atom. The minimum Gasteiger partial charge on any atom is -0.341 e. The van der Waals surface area contributed by atoms with Gasteiger partial charge in [0.1, 0.15) is 0 Å². The number of thiophene rings is 1. The molecule has 1 amide bonds. The van der Waals surface area contributed by atoms with E-state index in [2.05, 4.69) is 6.07 Å². The molecule has 18 heavy (non-hydrogen) atoms. The summed E-state index contributed by atoms with van der Waals surface area (Å²) in [4.78, 5) is 16.3. The topological polar surface area (TPSA) is 20.3 Å². The molecule has 1 unspecified atom stereocenters. The minimum absolute atomic E-state index is 0.119. The number of amides is 1. The van der Waals surface area contributed by atoms with Crippen molar-refractivity contribution in [3.05, 3.63) is 21.4 Å². The highest BCUT2D eigenvalue weighted by molar-refractivity contribution is 7.98. The molecule has 0 N–H and O–H groups in total. The van der Waals surface area contributed by atoms with Crippen molar-refractivity contribution >= 4 is 40.6 Å². The van der Waals surface area contributed by atoms with Crippen LogP contribution >= 0.6 is 34.7 Å². The largest absolute Gasteiger partial charge is 0.341 e. The average Bonchev–Trinajstić information content (AvgIpc) is 2.78. The van der Waals surface area contributed by atoms with Crippen LogP contribution in [0.4, 0.5) is 0 Å². The van der Waals surface area contributed by atoms with E-state index in [1.165, 1.54) is 16.2 Å². The molecule has 0 radical (unpaired) electrons. The molecular weight excluding hydrogens is 286 g/mol. The lowest BCUT2D eigenvalue weighted by Crippen LogP contribution is -2.28. The maximum atomic E-state index is 12.3. The molecule has 5 heteroatoms. The maximum absolute atomic E-state index is 12.3. The van der Waals surface area contributed by atoms with Gasteiger partial charge >= 0.3 is 0 Å². The van der Waals surface area contributed by atoms with E-state index in [9.17, 15) is 4.79 Å². The van der Waals surface area contributed by atoms with Gasteiger partial charge in [-0.1, -0.05) is 0 Å². The fraction of sp³-hybridized carbons (Fsp3) is 0.615. The summed E-state index contributed by atoms with van der Waals surface area (Å²) in [5.41, 5.74) is 1.36. The van der Waals surface area contributed by atoms with Gasteiger partial charge in [0.25, 0.3) is 5.91 Å². The van der Waals surface area contributed by atoms with Crippen LogP contribution in [-0.4, -0.2) is 35.5 Å². The molecule has 1 aromatic rings. The van der Waals surface area contributed by atoms with Crippen LogP contribution in [0.5, 0.6) is 0 Å². The zero-order valence-corrected chi connectivity index (χ0v) is 13.1. The Labute approximate surface area is 122 Å². The normalized spacial score (nSPS) is 16.2. The van der Waals surface area contributed by atoms with Crippen LogP contribution in [0.1, 0.15) is 33.5 Å². The van der Waals surface area contributed by atoms with Crippen LogP contribution < -0.4 is 0 Å². The Kier molecular flexibility index (Phi) is 4.98. The standard InChI is InChI=1S/C13H18ClNOS2/c1-9(14)3-5-15(2)13(16)12-7-10-8-17-6-4-11(10)18-12/h7,9H,3-6,8H2,1-2H3. The van der Waals surface area contributed by atoms with Crippen molar-refractivity contribution in [3.63, 3.8) is 0 Å². The molecule has 1 aliphatic rings. The minimum atomic E-state index is 0.119. The number of thioether (sulfide) groups is 1. The van der Waals surface area contributed by atoms with E-state index in [-0.39, 0.29) is 11.3 Å². The predicted molar refractivity (Wildman–Crippen MR) is 81.1 cm³/mol. The number of fused-ring (bicyclic) bond motifs is 1. The van der Waals surface area contributed by atoms with Gasteiger partial charge in [-0.2, -0.15) is 11.8 Å². The monoisotopic (exact) mass is 303 g/mol. The maximum Gasteiger partial charge on any atom is 0.263 e. The first kappa shape index (κ1) is 14.2. The van der Waals surface area contributed by atoms with Gasteiger partial charge in [-0.25, -0.2) is 0 Å². The van der Waals surface area contributed by atoms with Crippen LogP contribution in [0.25, 0.3) is 0 Å². The van der Waals surface area contributed by atoms with Gasteiger partial charge in [0.05, 0.1) is 4.88 Å². The highest BCUT2D eigenvalue weighted by atomic mass is 35.5. The number of aryl methyl sites for hydroxylation is 1. The van der Waals surface area contributed by atoms with Crippen LogP contribution in [0.15, 0.2) is 6.07 Å². The number of carbonyl (C=O) groups excluding carboxylic acids is 1. The van der Waals surface area contributed by atoms with Crippen LogP contribution in [0.2, 0.25) is 0 Å². The molecular formula is C13H18ClNOS2. The summed E-state index contributed by atoms with van der Waals surface area (Å²) in [5, 5.41) is 0.119. The Morgan fingerprint density at radius 3 is 3.06 bits per heavy atom. The number of hydrogen-bond acceptors (Lipinski definition) is 3. The highest BCUT2D eigenvalue weighted by Gasteiger charge is 2.19. The molecule has 0 saturated carbocycles. The van der Waals surface area contributed by atoms with Crippen LogP contribution in [0, 0.1) is 0 Å². The molecule has 0 aromatic carbocycles. The van der Waals surface area contributed by atoms with Crippen molar-refractivity contribution in [1.82, 2.24) is 4.90 Å². The molecule has 0 saturated heterocycles. The Bertz CT molecular complexity index is 407. The zero-order valence-electron chi connectivity index (χ0n) is 10.7. The first-order valence-electron chi connectivity index (χ1n) is 6.17. The summed E-state index contributed by atoms with van der Waals surface area (Å²) >= 11 is 9.53. The molecule has 1 atom stereocenters.